The molecule has 0 saturated carbocycles. The van der Waals surface area contributed by atoms with Gasteiger partial charge in [0.2, 0.25) is 0 Å². The molecule has 1 heteroatoms. The maximum atomic E-state index is 3.41. The van der Waals surface area contributed by atoms with Crippen molar-refractivity contribution in [1.29, 1.82) is 0 Å². The van der Waals surface area contributed by atoms with Gasteiger partial charge in [-0.25, -0.2) is 0 Å². The van der Waals surface area contributed by atoms with Gasteiger partial charge in [-0.15, -0.1) is 11.3 Å². The van der Waals surface area contributed by atoms with Crippen LogP contribution in [0, 0.1) is 18.8 Å². The first-order valence-corrected chi connectivity index (χ1v) is 8.78. The minimum atomic E-state index is 1.05. The smallest absolute Gasteiger partial charge is 0.0863 e. The summed E-state index contributed by atoms with van der Waals surface area (Å²) < 4.78 is 1.28. The molecule has 1 aromatic heterocycles. The van der Waals surface area contributed by atoms with Crippen molar-refractivity contribution in [2.45, 2.75) is 6.92 Å². The second kappa shape index (κ2) is 6.35. The SMILES string of the molecule is Cc1ccc(C#Cc2sc3ccccc3c2-c2ccccc2)cc1. The Balaban J connectivity index is 1.88. The summed E-state index contributed by atoms with van der Waals surface area (Å²) in [7, 11) is 0. The van der Waals surface area contributed by atoms with Gasteiger partial charge in [0.1, 0.15) is 0 Å². The van der Waals surface area contributed by atoms with Crippen LogP contribution in [0.25, 0.3) is 21.2 Å². The molecule has 0 aliphatic heterocycles. The predicted molar refractivity (Wildman–Crippen MR) is 104 cm³/mol. The minimum Gasteiger partial charge on any atom is -0.126 e. The van der Waals surface area contributed by atoms with Gasteiger partial charge in [0.15, 0.2) is 0 Å². The van der Waals surface area contributed by atoms with Gasteiger partial charge in [0.25, 0.3) is 0 Å². The monoisotopic (exact) mass is 324 g/mol. The summed E-state index contributed by atoms with van der Waals surface area (Å²) in [6.07, 6.45) is 0. The van der Waals surface area contributed by atoms with Crippen molar-refractivity contribution in [2.24, 2.45) is 0 Å². The molecule has 0 amide bonds. The van der Waals surface area contributed by atoms with Crippen molar-refractivity contribution >= 4 is 21.4 Å². The summed E-state index contributed by atoms with van der Waals surface area (Å²) >= 11 is 1.77. The van der Waals surface area contributed by atoms with E-state index in [2.05, 4.69) is 97.6 Å². The Morgan fingerprint density at radius 1 is 0.708 bits per heavy atom. The highest BCUT2D eigenvalue weighted by Gasteiger charge is 2.11. The Labute approximate surface area is 146 Å². The Morgan fingerprint density at radius 2 is 1.42 bits per heavy atom. The van der Waals surface area contributed by atoms with E-state index >= 15 is 0 Å². The van der Waals surface area contributed by atoms with Crippen molar-refractivity contribution < 1.29 is 0 Å². The zero-order valence-corrected chi connectivity index (χ0v) is 14.2. The lowest BCUT2D eigenvalue weighted by molar-refractivity contribution is 1.46. The van der Waals surface area contributed by atoms with Gasteiger partial charge in [-0.05, 0) is 36.6 Å². The third kappa shape index (κ3) is 2.85. The molecular formula is C23H16S. The molecule has 0 aliphatic rings. The van der Waals surface area contributed by atoms with Crippen LogP contribution in [-0.4, -0.2) is 0 Å². The first kappa shape index (κ1) is 14.8. The number of fused-ring (bicyclic) bond motifs is 1. The summed E-state index contributed by atoms with van der Waals surface area (Å²) in [6, 6.07) is 27.4. The Hall–Kier alpha value is -2.82. The summed E-state index contributed by atoms with van der Waals surface area (Å²) in [4.78, 5) is 1.13. The molecule has 0 nitrogen and oxygen atoms in total. The van der Waals surface area contributed by atoms with Gasteiger partial charge in [-0.2, -0.15) is 0 Å². The average Bonchev–Trinajstić information content (AvgIpc) is 3.00. The molecule has 0 spiro atoms. The van der Waals surface area contributed by atoms with E-state index in [0.29, 0.717) is 0 Å². The Bertz CT molecular complexity index is 1040. The quantitative estimate of drug-likeness (QED) is 0.362. The normalized spacial score (nSPS) is 10.4. The Kier molecular flexibility index (Phi) is 3.91. The van der Waals surface area contributed by atoms with Crippen LogP contribution in [0.3, 0.4) is 0 Å². The van der Waals surface area contributed by atoms with E-state index in [1.807, 2.05) is 0 Å². The average molecular weight is 324 g/mol. The van der Waals surface area contributed by atoms with Gasteiger partial charge in [0.05, 0.1) is 4.88 Å². The van der Waals surface area contributed by atoms with Gasteiger partial charge in [0, 0.05) is 21.2 Å². The molecule has 4 aromatic rings. The zero-order chi connectivity index (χ0) is 16.4. The summed E-state index contributed by atoms with van der Waals surface area (Å²) in [5.41, 5.74) is 4.78. The fraction of sp³-hybridized carbons (Fsp3) is 0.0435. The van der Waals surface area contributed by atoms with Gasteiger partial charge in [-0.1, -0.05) is 72.1 Å². The van der Waals surface area contributed by atoms with E-state index in [0.717, 1.165) is 10.4 Å². The van der Waals surface area contributed by atoms with Crippen LogP contribution in [-0.2, 0) is 0 Å². The van der Waals surface area contributed by atoms with Gasteiger partial charge in [-0.3, -0.25) is 0 Å². The van der Waals surface area contributed by atoms with E-state index < -0.39 is 0 Å². The van der Waals surface area contributed by atoms with Crippen LogP contribution in [0.4, 0.5) is 0 Å². The van der Waals surface area contributed by atoms with E-state index in [9.17, 15) is 0 Å². The summed E-state index contributed by atoms with van der Waals surface area (Å²) in [5, 5.41) is 1.28. The number of benzene rings is 3. The lowest BCUT2D eigenvalue weighted by Crippen LogP contribution is -1.79. The van der Waals surface area contributed by atoms with Crippen molar-refractivity contribution in [2.75, 3.05) is 0 Å². The van der Waals surface area contributed by atoms with Crippen molar-refractivity contribution in [1.82, 2.24) is 0 Å². The molecular weight excluding hydrogens is 308 g/mol. The van der Waals surface area contributed by atoms with Crippen LogP contribution >= 0.6 is 11.3 Å². The van der Waals surface area contributed by atoms with E-state index in [1.54, 1.807) is 11.3 Å². The first-order valence-electron chi connectivity index (χ1n) is 7.97. The number of aryl methyl sites for hydroxylation is 1. The molecule has 0 radical (unpaired) electrons. The maximum Gasteiger partial charge on any atom is 0.0863 e. The maximum absolute atomic E-state index is 3.41. The second-order valence-corrected chi connectivity index (χ2v) is 6.84. The largest absolute Gasteiger partial charge is 0.126 e. The molecule has 0 bridgehead atoms. The van der Waals surface area contributed by atoms with Crippen LogP contribution in [0.5, 0.6) is 0 Å². The third-order valence-corrected chi connectivity index (χ3v) is 5.12. The number of hydrogen-bond donors (Lipinski definition) is 0. The fourth-order valence-corrected chi connectivity index (χ4v) is 3.87. The van der Waals surface area contributed by atoms with E-state index in [-0.39, 0.29) is 0 Å². The standard InChI is InChI=1S/C23H16S/c1-17-11-13-18(14-12-17)15-16-22-23(19-7-3-2-4-8-19)20-9-5-6-10-21(20)24-22/h2-14H,1H3. The molecule has 0 fully saturated rings. The molecule has 24 heavy (non-hydrogen) atoms. The highest BCUT2D eigenvalue weighted by molar-refractivity contribution is 7.20. The topological polar surface area (TPSA) is 0 Å². The number of hydrogen-bond acceptors (Lipinski definition) is 1. The molecule has 0 unspecified atom stereocenters. The molecule has 0 aliphatic carbocycles. The predicted octanol–water partition coefficient (Wildman–Crippen LogP) is 6.28. The van der Waals surface area contributed by atoms with Crippen molar-refractivity contribution in [3.63, 3.8) is 0 Å². The molecule has 114 valence electrons. The fourth-order valence-electron chi connectivity index (χ4n) is 2.79. The van der Waals surface area contributed by atoms with Crippen LogP contribution in [0.2, 0.25) is 0 Å². The molecule has 0 N–H and O–H groups in total. The van der Waals surface area contributed by atoms with Crippen LogP contribution in [0.1, 0.15) is 16.0 Å². The molecule has 3 aromatic carbocycles. The lowest BCUT2D eigenvalue weighted by atomic mass is 10.0. The molecule has 0 saturated heterocycles. The first-order chi connectivity index (χ1) is 11.8. The number of thiophene rings is 1. The molecule has 1 heterocycles. The zero-order valence-electron chi connectivity index (χ0n) is 13.4. The van der Waals surface area contributed by atoms with Gasteiger partial charge >= 0.3 is 0 Å². The third-order valence-electron chi connectivity index (χ3n) is 4.03. The van der Waals surface area contributed by atoms with Crippen LogP contribution < -0.4 is 0 Å². The second-order valence-electron chi connectivity index (χ2n) is 5.78. The van der Waals surface area contributed by atoms with Crippen molar-refractivity contribution in [3.05, 3.63) is 94.9 Å². The van der Waals surface area contributed by atoms with Crippen molar-refractivity contribution in [3.8, 4) is 23.0 Å². The summed E-state index contributed by atoms with van der Waals surface area (Å²) in [5.74, 6) is 6.73. The van der Waals surface area contributed by atoms with Crippen LogP contribution in [0.15, 0.2) is 78.9 Å². The summed E-state index contributed by atoms with van der Waals surface area (Å²) in [6.45, 7) is 2.09. The van der Waals surface area contributed by atoms with E-state index in [1.165, 1.54) is 26.8 Å². The lowest BCUT2D eigenvalue weighted by Gasteiger charge is -2.01. The number of rotatable bonds is 1. The highest BCUT2D eigenvalue weighted by Crippen LogP contribution is 2.38. The van der Waals surface area contributed by atoms with E-state index in [4.69, 9.17) is 0 Å². The highest BCUT2D eigenvalue weighted by atomic mass is 32.1. The molecule has 4 rings (SSSR count). The Morgan fingerprint density at radius 3 is 2.21 bits per heavy atom. The molecule has 0 atom stereocenters. The van der Waals surface area contributed by atoms with Gasteiger partial charge < -0.3 is 0 Å². The minimum absolute atomic E-state index is 1.05.